The maximum absolute atomic E-state index is 15.3. The Morgan fingerprint density at radius 2 is 1.41 bits per heavy atom. The molecule has 0 bridgehead atoms. The van der Waals surface area contributed by atoms with Gasteiger partial charge in [-0.15, -0.1) is 11.8 Å². The third-order valence-electron chi connectivity index (χ3n) is 17.5. The van der Waals surface area contributed by atoms with Crippen molar-refractivity contribution in [3.8, 4) is 17.2 Å². The predicted molar refractivity (Wildman–Crippen MR) is 335 cm³/mol. The summed E-state index contributed by atoms with van der Waals surface area (Å²) in [5, 5.41) is 90.8. The van der Waals surface area contributed by atoms with E-state index in [-0.39, 0.29) is 24.2 Å². The molecule has 3 aliphatic heterocycles. The Labute approximate surface area is 535 Å². The van der Waals surface area contributed by atoms with E-state index in [9.17, 15) is 64.5 Å². The number of para-hydroxylation sites is 1. The van der Waals surface area contributed by atoms with Gasteiger partial charge in [0.05, 0.1) is 36.2 Å². The standard InChI is InChI=1S/C65H92N8O17S/c1-6-37(3)31-38(4)17-13-10-8-9-11-16-20-52(81)67-47-32-41(36-74)62(91-46-27-25-45(26-28-46)90-44-18-14-12-15-19-44)70-61(87)55-49(78)29-30-72(55)63(88)53(50(79)34-51(66)80)68-60(86)54(57(83)56(82)40-21-23-42(76)24-22-40)69-59(85)48-33-43(77)35-73(48)64(89)65(7-2,39(5)75)71-58(47)84/h12,14-15,18-19,21-28,36-39,41,43,47-50,53-57,62,75-79,82-83H,6-11,13,16-17,20,29-35H2,1-5H3,(H2,66,80)(H,67,81)(H,68,86)(H,69,85)(H,70,87)(H,71,84). The highest BCUT2D eigenvalue weighted by atomic mass is 32.2. The first-order chi connectivity index (χ1) is 43.3. The lowest BCUT2D eigenvalue weighted by atomic mass is 9.86. The summed E-state index contributed by atoms with van der Waals surface area (Å²) in [5.41, 5.74) is 3.00. The molecule has 3 fully saturated rings. The van der Waals surface area contributed by atoms with Gasteiger partial charge in [0.1, 0.15) is 71.5 Å². The second kappa shape index (κ2) is 34.5. The Hall–Kier alpha value is -7.20. The number of carbonyl (C=O) groups excluding carboxylic acids is 9. The molecule has 0 saturated carbocycles. The fourth-order valence-electron chi connectivity index (χ4n) is 12.0. The van der Waals surface area contributed by atoms with Crippen molar-refractivity contribution >= 4 is 65.3 Å². The Balaban J connectivity index is 1.43. The number of nitrogens with zero attached hydrogens (tertiary/aromatic N) is 2. The van der Waals surface area contributed by atoms with Crippen LogP contribution in [0.25, 0.3) is 0 Å². The van der Waals surface area contributed by atoms with Crippen molar-refractivity contribution < 1.29 is 83.6 Å². The average molecular weight is 1290 g/mol. The van der Waals surface area contributed by atoms with E-state index in [1.165, 1.54) is 32.4 Å². The molecule has 14 N–H and O–H groups in total. The van der Waals surface area contributed by atoms with Gasteiger partial charge in [-0.25, -0.2) is 0 Å². The smallest absolute Gasteiger partial charge is 0.251 e. The zero-order valence-corrected chi connectivity index (χ0v) is 53.2. The lowest BCUT2D eigenvalue weighted by molar-refractivity contribution is -0.152. The molecule has 26 heteroatoms. The first kappa shape index (κ1) is 72.9. The first-order valence-corrected chi connectivity index (χ1v) is 32.4. The molecule has 16 unspecified atom stereocenters. The van der Waals surface area contributed by atoms with Gasteiger partial charge in [0, 0.05) is 36.7 Å². The van der Waals surface area contributed by atoms with Crippen molar-refractivity contribution in [1.82, 2.24) is 36.4 Å². The molecular weight excluding hydrogens is 1200 g/mol. The van der Waals surface area contributed by atoms with Gasteiger partial charge in [0.25, 0.3) is 5.91 Å². The maximum atomic E-state index is 15.3. The minimum atomic E-state index is -2.38. The number of benzene rings is 3. The summed E-state index contributed by atoms with van der Waals surface area (Å²) in [6.45, 7) is 8.33. The van der Waals surface area contributed by atoms with Crippen molar-refractivity contribution in [2.24, 2.45) is 23.5 Å². The van der Waals surface area contributed by atoms with Gasteiger partial charge in [0.2, 0.25) is 41.4 Å². The fourth-order valence-corrected chi connectivity index (χ4v) is 13.1. The van der Waals surface area contributed by atoms with E-state index in [1.807, 2.05) is 6.07 Å². The zero-order valence-electron chi connectivity index (χ0n) is 52.4. The normalized spacial score (nSPS) is 26.6. The number of primary amides is 1. The Morgan fingerprint density at radius 1 is 0.769 bits per heavy atom. The van der Waals surface area contributed by atoms with Crippen LogP contribution in [0.2, 0.25) is 0 Å². The molecule has 3 aliphatic rings. The molecule has 16 atom stereocenters. The lowest BCUT2D eigenvalue weighted by Crippen LogP contribution is -2.69. The highest BCUT2D eigenvalue weighted by Gasteiger charge is 2.53. The topological polar surface area (TPSA) is 397 Å². The molecule has 500 valence electrons. The summed E-state index contributed by atoms with van der Waals surface area (Å²) in [7, 11) is 0. The minimum absolute atomic E-state index is 0.0674. The number of aliphatic hydroxyl groups is 6. The second-order valence-corrected chi connectivity index (χ2v) is 25.7. The Bertz CT molecular complexity index is 2930. The summed E-state index contributed by atoms with van der Waals surface area (Å²) in [5.74, 6) is -8.67. The molecule has 3 saturated heterocycles. The third-order valence-corrected chi connectivity index (χ3v) is 18.8. The highest BCUT2D eigenvalue weighted by molar-refractivity contribution is 8.00. The number of aliphatic hydroxyl groups excluding tert-OH is 6. The summed E-state index contributed by atoms with van der Waals surface area (Å²) in [6, 6.07) is 10.0. The van der Waals surface area contributed by atoms with Crippen LogP contribution in [0.3, 0.4) is 0 Å². The van der Waals surface area contributed by atoms with Crippen LogP contribution in [-0.2, 0) is 43.2 Å². The number of aldehydes is 1. The number of rotatable bonds is 26. The summed E-state index contributed by atoms with van der Waals surface area (Å²) in [6.07, 6.45) is -5.58. The molecule has 0 aliphatic carbocycles. The number of phenolic OH excluding ortho intramolecular Hbond substituents is 1. The molecule has 0 spiro atoms. The number of carbonyl (C=O) groups is 9. The molecule has 25 nitrogen and oxygen atoms in total. The van der Waals surface area contributed by atoms with Crippen molar-refractivity contribution in [3.63, 3.8) is 0 Å². The SMILES string of the molecule is CCC(C)CC(C)CCCCCCCCC(=O)NC1CC(C=O)C(Sc2ccc(Oc3ccccc3)cc2)NC(=O)C2C(O)CCN2C(=O)C(C(O)CC(N)=O)NC(=O)C(C(O)C(O)c2ccc(O)cc2)NC(=O)C2CC(O)CN2C(=O)C(CC)(C(C)O)NC1=O. The maximum Gasteiger partial charge on any atom is 0.251 e. The first-order valence-electron chi connectivity index (χ1n) is 31.6. The van der Waals surface area contributed by atoms with Crippen molar-refractivity contribution in [1.29, 1.82) is 0 Å². The molecule has 3 aromatic carbocycles. The second-order valence-electron chi connectivity index (χ2n) is 24.5. The molecule has 8 amide bonds. The van der Waals surface area contributed by atoms with Gasteiger partial charge < -0.3 is 87.4 Å². The fraction of sp³-hybridized carbons (Fsp3) is 0.585. The van der Waals surface area contributed by atoms with E-state index in [0.717, 1.165) is 72.2 Å². The van der Waals surface area contributed by atoms with Gasteiger partial charge in [-0.1, -0.05) is 103 Å². The number of aromatic hydroxyl groups is 1. The van der Waals surface area contributed by atoms with E-state index in [4.69, 9.17) is 10.5 Å². The Kier molecular flexibility index (Phi) is 27.6. The van der Waals surface area contributed by atoms with Crippen LogP contribution >= 0.6 is 11.8 Å². The van der Waals surface area contributed by atoms with Crippen LogP contribution in [0.15, 0.2) is 83.8 Å². The number of nitrogens with one attached hydrogen (secondary N) is 5. The van der Waals surface area contributed by atoms with Crippen LogP contribution in [0.4, 0.5) is 0 Å². The van der Waals surface area contributed by atoms with E-state index in [1.54, 1.807) is 48.5 Å². The van der Waals surface area contributed by atoms with Gasteiger partial charge >= 0.3 is 0 Å². The van der Waals surface area contributed by atoms with Crippen LogP contribution < -0.4 is 37.1 Å². The van der Waals surface area contributed by atoms with Gasteiger partial charge in [-0.3, -0.25) is 38.4 Å². The highest BCUT2D eigenvalue weighted by Crippen LogP contribution is 2.34. The van der Waals surface area contributed by atoms with Gasteiger partial charge in [-0.05, 0) is 105 Å². The molecule has 0 radical (unpaired) electrons. The predicted octanol–water partition coefficient (Wildman–Crippen LogP) is 2.49. The number of nitrogens with two attached hydrogens (primary N) is 1. The number of unbranched alkanes of at least 4 members (excludes halogenated alkanes) is 5. The van der Waals surface area contributed by atoms with Crippen LogP contribution in [0.1, 0.15) is 143 Å². The van der Waals surface area contributed by atoms with Crippen LogP contribution in [-0.4, -0.2) is 184 Å². The van der Waals surface area contributed by atoms with Gasteiger partial charge in [-0.2, -0.15) is 0 Å². The van der Waals surface area contributed by atoms with E-state index in [0.29, 0.717) is 47.4 Å². The van der Waals surface area contributed by atoms with Crippen molar-refractivity contribution in [3.05, 3.63) is 84.4 Å². The minimum Gasteiger partial charge on any atom is -0.508 e. The molecule has 6 rings (SSSR count). The summed E-state index contributed by atoms with van der Waals surface area (Å²) in [4.78, 5) is 132. The zero-order chi connectivity index (χ0) is 66.7. The van der Waals surface area contributed by atoms with Gasteiger partial charge in [0.15, 0.2) is 0 Å². The molecule has 3 aromatic rings. The number of fused-ring (bicyclic) bond motifs is 2. The van der Waals surface area contributed by atoms with E-state index < -0.39 is 170 Å². The van der Waals surface area contributed by atoms with Crippen molar-refractivity contribution in [2.75, 3.05) is 13.1 Å². The number of thioether (sulfide) groups is 1. The number of ether oxygens (including phenoxy) is 1. The molecule has 3 heterocycles. The van der Waals surface area contributed by atoms with Crippen molar-refractivity contribution in [2.45, 2.75) is 214 Å². The molecule has 0 aromatic heterocycles. The molecular formula is C65H92N8O17S. The lowest BCUT2D eigenvalue weighted by Gasteiger charge is -2.40. The Morgan fingerprint density at radius 3 is 2.03 bits per heavy atom. The quantitative estimate of drug-likeness (QED) is 0.0405. The van der Waals surface area contributed by atoms with E-state index >= 15 is 14.4 Å². The molecule has 91 heavy (non-hydrogen) atoms. The number of hydrogen-bond donors (Lipinski definition) is 13. The summed E-state index contributed by atoms with van der Waals surface area (Å²) >= 11 is 0.906. The van der Waals surface area contributed by atoms with Crippen LogP contribution in [0.5, 0.6) is 17.2 Å². The monoisotopic (exact) mass is 1290 g/mol. The van der Waals surface area contributed by atoms with Crippen LogP contribution in [0, 0.1) is 17.8 Å². The summed E-state index contributed by atoms with van der Waals surface area (Å²) < 4.78 is 5.99. The van der Waals surface area contributed by atoms with E-state index in [2.05, 4.69) is 47.4 Å². The number of amides is 8. The number of phenols is 1. The largest absolute Gasteiger partial charge is 0.508 e. The average Bonchev–Trinajstić information content (AvgIpc) is 1.77. The third kappa shape index (κ3) is 19.9. The number of hydrogen-bond acceptors (Lipinski definition) is 18.